The molecule has 0 saturated carbocycles. The van der Waals surface area contributed by atoms with Crippen LogP contribution in [0.5, 0.6) is 5.75 Å². The van der Waals surface area contributed by atoms with E-state index < -0.39 is 0 Å². The molecule has 0 heterocycles. The van der Waals surface area contributed by atoms with Crippen LogP contribution in [-0.2, 0) is 0 Å². The van der Waals surface area contributed by atoms with Crippen LogP contribution >= 0.6 is 0 Å². The zero-order chi connectivity index (χ0) is 18.2. The van der Waals surface area contributed by atoms with Gasteiger partial charge in [0, 0.05) is 24.0 Å². The fraction of sp³-hybridized carbons (Fsp3) is 0.0870. The third-order valence-electron chi connectivity index (χ3n) is 3.92. The van der Waals surface area contributed by atoms with E-state index in [-0.39, 0.29) is 0 Å². The molecular weight excluding hydrogens is 320 g/mol. The van der Waals surface area contributed by atoms with Crippen molar-refractivity contribution in [2.75, 3.05) is 11.9 Å². The lowest BCUT2D eigenvalue weighted by Crippen LogP contribution is -2.27. The van der Waals surface area contributed by atoms with Crippen molar-refractivity contribution >= 4 is 17.2 Å². The highest BCUT2D eigenvalue weighted by Crippen LogP contribution is 2.27. The second-order valence-electron chi connectivity index (χ2n) is 5.79. The van der Waals surface area contributed by atoms with E-state index >= 15 is 0 Å². The molecule has 0 atom stereocenters. The molecule has 0 amide bonds. The van der Waals surface area contributed by atoms with Gasteiger partial charge in [-0.3, -0.25) is 9.89 Å². The van der Waals surface area contributed by atoms with Crippen LogP contribution in [0.25, 0.3) is 0 Å². The molecule has 0 aliphatic heterocycles. The first-order chi connectivity index (χ1) is 12.8. The van der Waals surface area contributed by atoms with Crippen LogP contribution in [0.1, 0.15) is 6.92 Å². The number of aliphatic imine (C=N–C) groups is 1. The molecule has 3 rings (SSSR count). The summed E-state index contributed by atoms with van der Waals surface area (Å²) in [6.45, 7) is 2.00. The predicted molar refractivity (Wildman–Crippen MR) is 109 cm³/mol. The molecule has 0 aromatic heterocycles. The second kappa shape index (κ2) is 8.67. The molecule has 0 aliphatic rings. The van der Waals surface area contributed by atoms with Gasteiger partial charge in [0.1, 0.15) is 11.6 Å². The summed E-state index contributed by atoms with van der Waals surface area (Å²) >= 11 is 0. The van der Waals surface area contributed by atoms with Crippen LogP contribution in [0.2, 0.25) is 0 Å². The molecule has 0 fully saturated rings. The fourth-order valence-electron chi connectivity index (χ4n) is 2.71. The Kier molecular flexibility index (Phi) is 5.84. The highest BCUT2D eigenvalue weighted by molar-refractivity contribution is 6.13. The number of hydrogen-bond donors (Lipinski definition) is 0. The third kappa shape index (κ3) is 4.19. The Morgan fingerprint density at radius 1 is 0.769 bits per heavy atom. The first kappa shape index (κ1) is 17.5. The summed E-state index contributed by atoms with van der Waals surface area (Å²) in [5.41, 5.74) is 3.03. The maximum absolute atomic E-state index is 5.80. The SMILES string of the molecule is CN=C(C(C)=COc1ccccc1)N(c1ccccc1)c1ccccc1. The minimum absolute atomic E-state index is 0.799. The zero-order valence-corrected chi connectivity index (χ0v) is 15.0. The molecule has 3 heteroatoms. The van der Waals surface area contributed by atoms with Crippen LogP contribution in [0.3, 0.4) is 0 Å². The summed E-state index contributed by atoms with van der Waals surface area (Å²) in [5, 5.41) is 0. The predicted octanol–water partition coefficient (Wildman–Crippen LogP) is 5.84. The lowest BCUT2D eigenvalue weighted by atomic mass is 10.2. The first-order valence-electron chi connectivity index (χ1n) is 8.55. The normalized spacial score (nSPS) is 11.9. The Morgan fingerprint density at radius 2 is 1.23 bits per heavy atom. The Balaban J connectivity index is 1.96. The van der Waals surface area contributed by atoms with Gasteiger partial charge >= 0.3 is 0 Å². The molecule has 0 saturated heterocycles. The second-order valence-corrected chi connectivity index (χ2v) is 5.79. The van der Waals surface area contributed by atoms with Gasteiger partial charge in [-0.15, -0.1) is 0 Å². The number of benzene rings is 3. The number of hydrogen-bond acceptors (Lipinski definition) is 2. The highest BCUT2D eigenvalue weighted by atomic mass is 16.5. The van der Waals surface area contributed by atoms with Gasteiger partial charge < -0.3 is 4.74 Å². The largest absolute Gasteiger partial charge is 0.465 e. The maximum atomic E-state index is 5.80. The monoisotopic (exact) mass is 342 g/mol. The Labute approximate surface area is 154 Å². The van der Waals surface area contributed by atoms with Crippen LogP contribution in [0.15, 0.2) is 108 Å². The van der Waals surface area contributed by atoms with Crippen LogP contribution in [0, 0.1) is 0 Å². The van der Waals surface area contributed by atoms with Crippen molar-refractivity contribution < 1.29 is 4.74 Å². The lowest BCUT2D eigenvalue weighted by molar-refractivity contribution is 0.478. The van der Waals surface area contributed by atoms with Gasteiger partial charge in [-0.2, -0.15) is 0 Å². The summed E-state index contributed by atoms with van der Waals surface area (Å²) in [6, 6.07) is 30.1. The molecule has 0 radical (unpaired) electrons. The topological polar surface area (TPSA) is 24.8 Å². The molecular formula is C23H22N2O. The Hall–Kier alpha value is -3.33. The van der Waals surface area contributed by atoms with Crippen molar-refractivity contribution in [3.8, 4) is 5.75 Å². The van der Waals surface area contributed by atoms with Crippen molar-refractivity contribution in [2.24, 2.45) is 4.99 Å². The first-order valence-corrected chi connectivity index (χ1v) is 8.55. The van der Waals surface area contributed by atoms with Crippen LogP contribution in [-0.4, -0.2) is 12.9 Å². The van der Waals surface area contributed by atoms with E-state index in [9.17, 15) is 0 Å². The van der Waals surface area contributed by atoms with Crippen LogP contribution in [0.4, 0.5) is 11.4 Å². The van der Waals surface area contributed by atoms with Crippen molar-refractivity contribution in [3.05, 3.63) is 103 Å². The van der Waals surface area contributed by atoms with Gasteiger partial charge in [0.25, 0.3) is 0 Å². The fourth-order valence-corrected chi connectivity index (χ4v) is 2.71. The summed E-state index contributed by atoms with van der Waals surface area (Å²) < 4.78 is 5.80. The smallest absolute Gasteiger partial charge is 0.138 e. The van der Waals surface area contributed by atoms with E-state index in [4.69, 9.17) is 4.74 Å². The van der Waals surface area contributed by atoms with Gasteiger partial charge in [0.2, 0.25) is 0 Å². The summed E-state index contributed by atoms with van der Waals surface area (Å²) in [5.74, 6) is 1.63. The van der Waals surface area contributed by atoms with E-state index in [0.29, 0.717) is 0 Å². The standard InChI is InChI=1S/C23H22N2O/c1-19(18-26-22-16-10-5-11-17-22)23(24-2)25(20-12-6-3-7-13-20)21-14-8-4-9-15-21/h3-18H,1-2H3. The third-order valence-corrected chi connectivity index (χ3v) is 3.92. The zero-order valence-electron chi connectivity index (χ0n) is 15.0. The maximum Gasteiger partial charge on any atom is 0.138 e. The number of para-hydroxylation sites is 3. The molecule has 0 unspecified atom stereocenters. The van der Waals surface area contributed by atoms with E-state index in [1.807, 2.05) is 73.7 Å². The molecule has 26 heavy (non-hydrogen) atoms. The van der Waals surface area contributed by atoms with E-state index in [2.05, 4.69) is 34.2 Å². The van der Waals surface area contributed by atoms with Crippen molar-refractivity contribution in [1.29, 1.82) is 0 Å². The van der Waals surface area contributed by atoms with Gasteiger partial charge in [-0.25, -0.2) is 0 Å². The summed E-state index contributed by atoms with van der Waals surface area (Å²) in [6.07, 6.45) is 1.75. The van der Waals surface area contributed by atoms with Gasteiger partial charge in [-0.1, -0.05) is 54.6 Å². The molecule has 3 aromatic rings. The van der Waals surface area contributed by atoms with E-state index in [1.165, 1.54) is 0 Å². The average molecular weight is 342 g/mol. The number of nitrogens with zero attached hydrogens (tertiary/aromatic N) is 2. The quantitative estimate of drug-likeness (QED) is 0.331. The molecule has 0 N–H and O–H groups in total. The minimum atomic E-state index is 0.799. The molecule has 0 aliphatic carbocycles. The summed E-state index contributed by atoms with van der Waals surface area (Å²) in [7, 11) is 1.80. The highest BCUT2D eigenvalue weighted by Gasteiger charge is 2.17. The van der Waals surface area contributed by atoms with Gasteiger partial charge in [-0.05, 0) is 43.3 Å². The average Bonchev–Trinajstić information content (AvgIpc) is 2.72. The molecule has 3 aromatic carbocycles. The Bertz CT molecular complexity index is 832. The molecule has 3 nitrogen and oxygen atoms in total. The van der Waals surface area contributed by atoms with E-state index in [1.54, 1.807) is 13.3 Å². The van der Waals surface area contributed by atoms with Crippen molar-refractivity contribution in [3.63, 3.8) is 0 Å². The molecule has 130 valence electrons. The number of ether oxygens (including phenoxy) is 1. The molecule has 0 spiro atoms. The van der Waals surface area contributed by atoms with Crippen LogP contribution < -0.4 is 9.64 Å². The number of anilines is 2. The number of amidine groups is 1. The minimum Gasteiger partial charge on any atom is -0.465 e. The van der Waals surface area contributed by atoms with Gasteiger partial charge in [0.05, 0.1) is 6.26 Å². The van der Waals surface area contributed by atoms with Crippen molar-refractivity contribution in [1.82, 2.24) is 0 Å². The lowest BCUT2D eigenvalue weighted by Gasteiger charge is -2.26. The van der Waals surface area contributed by atoms with E-state index in [0.717, 1.165) is 28.5 Å². The van der Waals surface area contributed by atoms with Crippen molar-refractivity contribution in [2.45, 2.75) is 6.92 Å². The Morgan fingerprint density at radius 3 is 1.69 bits per heavy atom. The summed E-state index contributed by atoms with van der Waals surface area (Å²) in [4.78, 5) is 6.67. The number of rotatable bonds is 5. The van der Waals surface area contributed by atoms with Gasteiger partial charge in [0.15, 0.2) is 0 Å². The molecule has 0 bridgehead atoms.